The third kappa shape index (κ3) is 2.03. The normalized spacial score (nSPS) is 23.4. The van der Waals surface area contributed by atoms with Crippen LogP contribution in [-0.4, -0.2) is 35.5 Å². The van der Waals surface area contributed by atoms with E-state index in [9.17, 15) is 5.11 Å². The fourth-order valence-corrected chi connectivity index (χ4v) is 2.35. The fourth-order valence-electron chi connectivity index (χ4n) is 2.13. The Balaban J connectivity index is 1.99. The smallest absolute Gasteiger partial charge is 0.0996 e. The van der Waals surface area contributed by atoms with Crippen molar-refractivity contribution in [2.45, 2.75) is 12.1 Å². The molecule has 1 fully saturated rings. The van der Waals surface area contributed by atoms with Crippen molar-refractivity contribution >= 4 is 28.2 Å². The Morgan fingerprint density at radius 1 is 1.33 bits per heavy atom. The van der Waals surface area contributed by atoms with Crippen LogP contribution in [0.15, 0.2) is 30.5 Å². The Kier molecular flexibility index (Phi) is 3.07. The van der Waals surface area contributed by atoms with Gasteiger partial charge in [-0.15, -0.1) is 0 Å². The highest BCUT2D eigenvalue weighted by Gasteiger charge is 2.26. The molecule has 2 unspecified atom stereocenters. The average molecular weight is 265 g/mol. The first kappa shape index (κ1) is 11.7. The molecule has 2 aromatic rings. The van der Waals surface area contributed by atoms with Gasteiger partial charge >= 0.3 is 0 Å². The second-order valence-corrected chi connectivity index (χ2v) is 4.76. The van der Waals surface area contributed by atoms with Gasteiger partial charge in [0.05, 0.1) is 41.6 Å². The Hall–Kier alpha value is -1.36. The van der Waals surface area contributed by atoms with Gasteiger partial charge in [0.2, 0.25) is 0 Å². The van der Waals surface area contributed by atoms with Crippen LogP contribution in [0.25, 0.3) is 10.9 Å². The van der Waals surface area contributed by atoms with Crippen molar-refractivity contribution in [2.75, 3.05) is 18.5 Å². The van der Waals surface area contributed by atoms with Gasteiger partial charge in [0, 0.05) is 11.6 Å². The number of ether oxygens (including phenoxy) is 1. The molecule has 4 nitrogen and oxygen atoms in total. The number of nitrogens with zero attached hydrogens (tertiary/aromatic N) is 1. The van der Waals surface area contributed by atoms with Crippen LogP contribution in [-0.2, 0) is 4.74 Å². The average Bonchev–Trinajstić information content (AvgIpc) is 2.79. The van der Waals surface area contributed by atoms with Crippen molar-refractivity contribution in [1.29, 1.82) is 0 Å². The van der Waals surface area contributed by atoms with Crippen LogP contribution in [0.3, 0.4) is 0 Å². The molecule has 94 valence electrons. The van der Waals surface area contributed by atoms with E-state index in [0.717, 1.165) is 16.6 Å². The number of nitrogens with one attached hydrogen (secondary N) is 1. The lowest BCUT2D eigenvalue weighted by molar-refractivity contribution is 0.125. The molecule has 0 radical (unpaired) electrons. The lowest BCUT2D eigenvalue weighted by Crippen LogP contribution is -2.31. The van der Waals surface area contributed by atoms with Crippen molar-refractivity contribution in [1.82, 2.24) is 4.98 Å². The molecule has 0 spiro atoms. The Labute approximate surface area is 110 Å². The number of fused-ring (bicyclic) bond motifs is 1. The summed E-state index contributed by atoms with van der Waals surface area (Å²) >= 11 is 6.13. The lowest BCUT2D eigenvalue weighted by Gasteiger charge is -2.17. The predicted octanol–water partition coefficient (Wildman–Crippen LogP) is 2.06. The molecule has 1 aliphatic rings. The molecule has 0 saturated carbocycles. The van der Waals surface area contributed by atoms with Crippen LogP contribution >= 0.6 is 11.6 Å². The van der Waals surface area contributed by atoms with Crippen LogP contribution in [0.4, 0.5) is 5.69 Å². The number of halogens is 1. The number of hydrogen-bond acceptors (Lipinski definition) is 4. The maximum atomic E-state index is 9.74. The van der Waals surface area contributed by atoms with Gasteiger partial charge in [-0.3, -0.25) is 4.98 Å². The molecule has 2 heterocycles. The summed E-state index contributed by atoms with van der Waals surface area (Å²) in [4.78, 5) is 4.34. The topological polar surface area (TPSA) is 54.4 Å². The van der Waals surface area contributed by atoms with E-state index in [4.69, 9.17) is 16.3 Å². The maximum absolute atomic E-state index is 9.74. The summed E-state index contributed by atoms with van der Waals surface area (Å²) < 4.78 is 5.22. The minimum absolute atomic E-state index is 0.101. The molecule has 3 rings (SSSR count). The van der Waals surface area contributed by atoms with E-state index in [2.05, 4.69) is 10.3 Å². The zero-order valence-corrected chi connectivity index (χ0v) is 10.4. The number of rotatable bonds is 2. The standard InChI is InChI=1S/C13H13ClN2O2/c14-9-3-4-10(13-8(9)2-1-5-15-13)16-11-6-18-7-12(11)17/h1-5,11-12,16-17H,6-7H2. The molecule has 1 aliphatic heterocycles. The Morgan fingerprint density at radius 3 is 3.00 bits per heavy atom. The first-order valence-corrected chi connectivity index (χ1v) is 6.19. The predicted molar refractivity (Wildman–Crippen MR) is 71.0 cm³/mol. The summed E-state index contributed by atoms with van der Waals surface area (Å²) in [5.74, 6) is 0. The van der Waals surface area contributed by atoms with E-state index in [0.29, 0.717) is 18.2 Å². The van der Waals surface area contributed by atoms with Crippen LogP contribution in [0.1, 0.15) is 0 Å². The Bertz CT molecular complexity index is 576. The number of aliphatic hydroxyl groups excluding tert-OH is 1. The van der Waals surface area contributed by atoms with Crippen molar-refractivity contribution in [3.05, 3.63) is 35.5 Å². The molecular formula is C13H13ClN2O2. The highest BCUT2D eigenvalue weighted by Crippen LogP contribution is 2.29. The molecule has 1 aromatic carbocycles. The second kappa shape index (κ2) is 4.72. The quantitative estimate of drug-likeness (QED) is 0.872. The number of anilines is 1. The van der Waals surface area contributed by atoms with Gasteiger partial charge in [0.15, 0.2) is 0 Å². The molecule has 18 heavy (non-hydrogen) atoms. The van der Waals surface area contributed by atoms with Gasteiger partial charge in [-0.1, -0.05) is 11.6 Å². The lowest BCUT2D eigenvalue weighted by atomic mass is 10.1. The zero-order chi connectivity index (χ0) is 12.5. The summed E-state index contributed by atoms with van der Waals surface area (Å²) in [7, 11) is 0. The minimum atomic E-state index is -0.487. The first-order chi connectivity index (χ1) is 8.75. The summed E-state index contributed by atoms with van der Waals surface area (Å²) in [6, 6.07) is 7.39. The van der Waals surface area contributed by atoms with Crippen LogP contribution in [0, 0.1) is 0 Å². The first-order valence-electron chi connectivity index (χ1n) is 5.81. The highest BCUT2D eigenvalue weighted by molar-refractivity contribution is 6.35. The molecule has 0 bridgehead atoms. The van der Waals surface area contributed by atoms with Crippen LogP contribution in [0.2, 0.25) is 5.02 Å². The molecular weight excluding hydrogens is 252 g/mol. The summed E-state index contributed by atoms with van der Waals surface area (Å²) in [5.41, 5.74) is 1.67. The van der Waals surface area contributed by atoms with E-state index < -0.39 is 6.10 Å². The van der Waals surface area contributed by atoms with Crippen LogP contribution in [0.5, 0.6) is 0 Å². The SMILES string of the molecule is OC1COCC1Nc1ccc(Cl)c2cccnc12. The van der Waals surface area contributed by atoms with E-state index in [-0.39, 0.29) is 6.04 Å². The second-order valence-electron chi connectivity index (χ2n) is 4.35. The number of aliphatic hydroxyl groups is 1. The summed E-state index contributed by atoms with van der Waals surface area (Å²) in [6.45, 7) is 0.870. The van der Waals surface area contributed by atoms with Gasteiger partial charge in [0.1, 0.15) is 0 Å². The molecule has 1 aromatic heterocycles. The molecule has 5 heteroatoms. The molecule has 2 atom stereocenters. The van der Waals surface area contributed by atoms with Gasteiger partial charge < -0.3 is 15.2 Å². The third-order valence-corrected chi connectivity index (χ3v) is 3.44. The third-order valence-electron chi connectivity index (χ3n) is 3.11. The van der Waals surface area contributed by atoms with Gasteiger partial charge in [0.25, 0.3) is 0 Å². The van der Waals surface area contributed by atoms with E-state index in [1.807, 2.05) is 24.3 Å². The number of benzene rings is 1. The van der Waals surface area contributed by atoms with Crippen molar-refractivity contribution in [3.8, 4) is 0 Å². The maximum Gasteiger partial charge on any atom is 0.0996 e. The largest absolute Gasteiger partial charge is 0.388 e. The van der Waals surface area contributed by atoms with Crippen molar-refractivity contribution in [3.63, 3.8) is 0 Å². The number of hydrogen-bond donors (Lipinski definition) is 2. The summed E-state index contributed by atoms with van der Waals surface area (Å²) in [5, 5.41) is 14.6. The highest BCUT2D eigenvalue weighted by atomic mass is 35.5. The Morgan fingerprint density at radius 2 is 2.22 bits per heavy atom. The van der Waals surface area contributed by atoms with Crippen molar-refractivity contribution < 1.29 is 9.84 Å². The van der Waals surface area contributed by atoms with E-state index in [1.165, 1.54) is 0 Å². The number of pyridine rings is 1. The minimum Gasteiger partial charge on any atom is -0.388 e. The molecule has 0 amide bonds. The van der Waals surface area contributed by atoms with Gasteiger partial charge in [-0.05, 0) is 24.3 Å². The molecule has 1 saturated heterocycles. The van der Waals surface area contributed by atoms with E-state index in [1.54, 1.807) is 6.20 Å². The van der Waals surface area contributed by atoms with Gasteiger partial charge in [-0.2, -0.15) is 0 Å². The molecule has 2 N–H and O–H groups in total. The zero-order valence-electron chi connectivity index (χ0n) is 9.64. The fraction of sp³-hybridized carbons (Fsp3) is 0.308. The monoisotopic (exact) mass is 264 g/mol. The van der Waals surface area contributed by atoms with Crippen molar-refractivity contribution in [2.24, 2.45) is 0 Å². The van der Waals surface area contributed by atoms with Gasteiger partial charge in [-0.25, -0.2) is 0 Å². The summed E-state index contributed by atoms with van der Waals surface area (Å²) in [6.07, 6.45) is 1.24. The number of aromatic nitrogens is 1. The van der Waals surface area contributed by atoms with Crippen LogP contribution < -0.4 is 5.32 Å². The van der Waals surface area contributed by atoms with E-state index >= 15 is 0 Å². The molecule has 0 aliphatic carbocycles.